The molecular formula is C15H15N3O. The Balaban J connectivity index is 1.97. The highest BCUT2D eigenvalue weighted by Crippen LogP contribution is 2.34. The first kappa shape index (κ1) is 11.0. The molecule has 0 spiro atoms. The van der Waals surface area contributed by atoms with Gasteiger partial charge in [0.1, 0.15) is 0 Å². The van der Waals surface area contributed by atoms with Gasteiger partial charge in [-0.05, 0) is 23.8 Å². The summed E-state index contributed by atoms with van der Waals surface area (Å²) >= 11 is 0. The van der Waals surface area contributed by atoms with Crippen molar-refractivity contribution in [2.45, 2.75) is 5.41 Å². The molecule has 0 saturated carbocycles. The first-order chi connectivity index (χ1) is 9.32. The van der Waals surface area contributed by atoms with Crippen LogP contribution in [0.3, 0.4) is 0 Å². The molecule has 0 atom stereocenters. The molecule has 3 aromatic rings. The van der Waals surface area contributed by atoms with Crippen LogP contribution >= 0.6 is 0 Å². The van der Waals surface area contributed by atoms with E-state index in [9.17, 15) is 0 Å². The summed E-state index contributed by atoms with van der Waals surface area (Å²) in [6.07, 6.45) is 3.71. The van der Waals surface area contributed by atoms with Crippen LogP contribution in [0.2, 0.25) is 0 Å². The third kappa shape index (κ3) is 1.44. The minimum absolute atomic E-state index is 0.00000768. The highest BCUT2D eigenvalue weighted by molar-refractivity contribution is 6.07. The van der Waals surface area contributed by atoms with Crippen LogP contribution in [0.5, 0.6) is 0 Å². The third-order valence-corrected chi connectivity index (χ3v) is 4.16. The monoisotopic (exact) mass is 253 g/mol. The standard InChI is InChI=1S/C15H15N3O/c16-7-15(8-19-9-15)10-1-2-13-11(5-10)12-6-17-4-3-14(12)18-13/h1-6,18H,7-9,16H2. The summed E-state index contributed by atoms with van der Waals surface area (Å²) in [5, 5.41) is 2.37. The molecule has 3 N–H and O–H groups in total. The smallest absolute Gasteiger partial charge is 0.0597 e. The molecule has 4 nitrogen and oxygen atoms in total. The number of benzene rings is 1. The zero-order valence-corrected chi connectivity index (χ0v) is 10.5. The zero-order valence-electron chi connectivity index (χ0n) is 10.5. The number of aromatic nitrogens is 2. The number of pyridine rings is 1. The Kier molecular flexibility index (Phi) is 2.19. The number of aromatic amines is 1. The summed E-state index contributed by atoms with van der Waals surface area (Å²) in [4.78, 5) is 7.62. The summed E-state index contributed by atoms with van der Waals surface area (Å²) in [5.74, 6) is 0. The van der Waals surface area contributed by atoms with Crippen LogP contribution in [0.25, 0.3) is 21.8 Å². The fourth-order valence-corrected chi connectivity index (χ4v) is 2.82. The van der Waals surface area contributed by atoms with Gasteiger partial charge in [0.2, 0.25) is 0 Å². The van der Waals surface area contributed by atoms with Gasteiger partial charge in [0, 0.05) is 40.7 Å². The quantitative estimate of drug-likeness (QED) is 0.733. The topological polar surface area (TPSA) is 63.9 Å². The van der Waals surface area contributed by atoms with Gasteiger partial charge in [-0.15, -0.1) is 0 Å². The molecule has 0 unspecified atom stereocenters. The summed E-state index contributed by atoms with van der Waals surface area (Å²) in [5.41, 5.74) is 9.45. The molecule has 0 radical (unpaired) electrons. The lowest BCUT2D eigenvalue weighted by molar-refractivity contribution is -0.0549. The Hall–Kier alpha value is -1.91. The van der Waals surface area contributed by atoms with Crippen molar-refractivity contribution in [1.29, 1.82) is 0 Å². The predicted molar refractivity (Wildman–Crippen MR) is 75.2 cm³/mol. The number of nitrogens with zero attached hydrogens (tertiary/aromatic N) is 1. The van der Waals surface area contributed by atoms with E-state index in [2.05, 4.69) is 28.2 Å². The van der Waals surface area contributed by atoms with Gasteiger partial charge < -0.3 is 15.5 Å². The molecule has 1 aromatic carbocycles. The Bertz CT molecular complexity index is 753. The van der Waals surface area contributed by atoms with Crippen molar-refractivity contribution < 1.29 is 4.74 Å². The number of fused-ring (bicyclic) bond motifs is 3. The fourth-order valence-electron chi connectivity index (χ4n) is 2.82. The SMILES string of the molecule is NCC1(c2ccc3[nH]c4ccncc4c3c2)COC1. The summed E-state index contributed by atoms with van der Waals surface area (Å²) < 4.78 is 5.36. The van der Waals surface area contributed by atoms with Crippen molar-refractivity contribution in [3.63, 3.8) is 0 Å². The van der Waals surface area contributed by atoms with Crippen molar-refractivity contribution in [2.75, 3.05) is 19.8 Å². The van der Waals surface area contributed by atoms with Gasteiger partial charge in [-0.1, -0.05) is 6.07 Å². The lowest BCUT2D eigenvalue weighted by atomic mass is 9.78. The normalized spacial score (nSPS) is 17.7. The van der Waals surface area contributed by atoms with E-state index in [0.717, 1.165) is 29.6 Å². The summed E-state index contributed by atoms with van der Waals surface area (Å²) in [6.45, 7) is 2.06. The molecule has 2 aromatic heterocycles. The zero-order chi connectivity index (χ0) is 12.9. The highest BCUT2D eigenvalue weighted by Gasteiger charge is 2.39. The van der Waals surface area contributed by atoms with Crippen molar-refractivity contribution >= 4 is 21.8 Å². The van der Waals surface area contributed by atoms with Crippen LogP contribution in [-0.4, -0.2) is 29.7 Å². The second-order valence-corrected chi connectivity index (χ2v) is 5.28. The summed E-state index contributed by atoms with van der Waals surface area (Å²) in [6, 6.07) is 8.51. The van der Waals surface area contributed by atoms with Crippen LogP contribution in [0.4, 0.5) is 0 Å². The molecule has 1 fully saturated rings. The first-order valence-electron chi connectivity index (χ1n) is 6.46. The van der Waals surface area contributed by atoms with E-state index >= 15 is 0 Å². The lowest BCUT2D eigenvalue weighted by Crippen LogP contribution is -2.52. The van der Waals surface area contributed by atoms with E-state index in [-0.39, 0.29) is 5.41 Å². The van der Waals surface area contributed by atoms with E-state index in [1.54, 1.807) is 6.20 Å². The molecule has 4 rings (SSSR count). The lowest BCUT2D eigenvalue weighted by Gasteiger charge is -2.41. The van der Waals surface area contributed by atoms with Gasteiger partial charge in [-0.2, -0.15) is 0 Å². The van der Waals surface area contributed by atoms with Crippen molar-refractivity contribution in [1.82, 2.24) is 9.97 Å². The van der Waals surface area contributed by atoms with Crippen molar-refractivity contribution in [3.05, 3.63) is 42.2 Å². The highest BCUT2D eigenvalue weighted by atomic mass is 16.5. The number of hydrogen-bond acceptors (Lipinski definition) is 3. The predicted octanol–water partition coefficient (Wildman–Crippen LogP) is 1.94. The molecule has 0 amide bonds. The second-order valence-electron chi connectivity index (χ2n) is 5.28. The minimum atomic E-state index is -0.00000768. The maximum Gasteiger partial charge on any atom is 0.0597 e. The fraction of sp³-hybridized carbons (Fsp3) is 0.267. The van der Waals surface area contributed by atoms with Gasteiger partial charge in [-0.3, -0.25) is 4.98 Å². The number of ether oxygens (including phenoxy) is 1. The van der Waals surface area contributed by atoms with Crippen molar-refractivity contribution in [2.24, 2.45) is 5.73 Å². The van der Waals surface area contributed by atoms with E-state index in [0.29, 0.717) is 6.54 Å². The maximum absolute atomic E-state index is 5.93. The minimum Gasteiger partial charge on any atom is -0.379 e. The number of hydrogen-bond donors (Lipinski definition) is 2. The Morgan fingerprint density at radius 2 is 2.05 bits per heavy atom. The van der Waals surface area contributed by atoms with E-state index in [4.69, 9.17) is 10.5 Å². The third-order valence-electron chi connectivity index (χ3n) is 4.16. The Morgan fingerprint density at radius 1 is 1.21 bits per heavy atom. The molecule has 3 heterocycles. The number of nitrogens with one attached hydrogen (secondary N) is 1. The Morgan fingerprint density at radius 3 is 2.79 bits per heavy atom. The Labute approximate surface area is 110 Å². The van der Waals surface area contributed by atoms with Crippen LogP contribution in [-0.2, 0) is 10.2 Å². The van der Waals surface area contributed by atoms with Gasteiger partial charge in [0.15, 0.2) is 0 Å². The number of rotatable bonds is 2. The molecule has 0 aliphatic carbocycles. The van der Waals surface area contributed by atoms with Crippen LogP contribution in [0.1, 0.15) is 5.56 Å². The first-order valence-corrected chi connectivity index (χ1v) is 6.46. The molecule has 0 bridgehead atoms. The number of H-pyrrole nitrogens is 1. The van der Waals surface area contributed by atoms with Gasteiger partial charge in [-0.25, -0.2) is 0 Å². The molecule has 1 aliphatic rings. The van der Waals surface area contributed by atoms with Crippen LogP contribution in [0.15, 0.2) is 36.7 Å². The van der Waals surface area contributed by atoms with Gasteiger partial charge in [0.05, 0.1) is 18.6 Å². The second kappa shape index (κ2) is 3.79. The maximum atomic E-state index is 5.93. The van der Waals surface area contributed by atoms with E-state index < -0.39 is 0 Å². The molecule has 1 aliphatic heterocycles. The number of nitrogens with two attached hydrogens (primary N) is 1. The molecular weight excluding hydrogens is 238 g/mol. The van der Waals surface area contributed by atoms with Crippen LogP contribution < -0.4 is 5.73 Å². The average Bonchev–Trinajstić information content (AvgIpc) is 2.76. The molecule has 19 heavy (non-hydrogen) atoms. The van der Waals surface area contributed by atoms with Gasteiger partial charge in [0.25, 0.3) is 0 Å². The van der Waals surface area contributed by atoms with Gasteiger partial charge >= 0.3 is 0 Å². The molecule has 1 saturated heterocycles. The van der Waals surface area contributed by atoms with E-state index in [1.807, 2.05) is 12.3 Å². The van der Waals surface area contributed by atoms with Crippen LogP contribution in [0, 0.1) is 0 Å². The average molecular weight is 253 g/mol. The molecule has 4 heteroatoms. The largest absolute Gasteiger partial charge is 0.379 e. The van der Waals surface area contributed by atoms with Crippen molar-refractivity contribution in [3.8, 4) is 0 Å². The summed E-state index contributed by atoms with van der Waals surface area (Å²) in [7, 11) is 0. The van der Waals surface area contributed by atoms with E-state index in [1.165, 1.54) is 10.9 Å². The molecule has 96 valence electrons.